The Morgan fingerprint density at radius 1 is 1.00 bits per heavy atom. The van der Waals surface area contributed by atoms with Gasteiger partial charge in [0.1, 0.15) is 5.75 Å². The van der Waals surface area contributed by atoms with Crippen molar-refractivity contribution in [2.75, 3.05) is 0 Å². The van der Waals surface area contributed by atoms with E-state index in [4.69, 9.17) is 0 Å². The lowest BCUT2D eigenvalue weighted by molar-refractivity contribution is -0.274. The van der Waals surface area contributed by atoms with E-state index in [0.29, 0.717) is 12.8 Å². The second-order valence-electron chi connectivity index (χ2n) is 6.98. The largest absolute Gasteiger partial charge is 0.573 e. The third-order valence-electron chi connectivity index (χ3n) is 4.80. The van der Waals surface area contributed by atoms with Gasteiger partial charge in [0.05, 0.1) is 4.90 Å². The smallest absolute Gasteiger partial charge is 0.406 e. The van der Waals surface area contributed by atoms with Crippen LogP contribution in [0.3, 0.4) is 0 Å². The molecule has 0 atom stereocenters. The summed E-state index contributed by atoms with van der Waals surface area (Å²) in [4.78, 5) is 2.44. The molecule has 0 radical (unpaired) electrons. The number of sulfonamides is 1. The standard InChI is InChI=1S/C20H21F3N2O3S/c1-14-2-12-19(13-3-14)29(26,27)25-24-17-8-4-15(5-9-17)16-6-10-18(11-7-16)28-20(21,22)23/h2-3,6-7,10-13,15,25H,4-5,8-9H2,1H3. The Kier molecular flexibility index (Phi) is 6.16. The molecule has 1 aliphatic carbocycles. The molecule has 0 amide bonds. The number of benzene rings is 2. The molecule has 3 rings (SSSR count). The minimum absolute atomic E-state index is 0.155. The summed E-state index contributed by atoms with van der Waals surface area (Å²) in [6.07, 6.45) is -2.00. The number of alkyl halides is 3. The maximum absolute atomic E-state index is 12.3. The van der Waals surface area contributed by atoms with E-state index < -0.39 is 16.4 Å². The minimum atomic E-state index is -4.70. The van der Waals surface area contributed by atoms with Crippen LogP contribution < -0.4 is 9.57 Å². The van der Waals surface area contributed by atoms with Crippen molar-refractivity contribution >= 4 is 15.7 Å². The van der Waals surface area contributed by atoms with Crippen molar-refractivity contribution in [2.45, 2.75) is 49.8 Å². The van der Waals surface area contributed by atoms with Crippen LogP contribution in [0.15, 0.2) is 58.5 Å². The summed E-state index contributed by atoms with van der Waals surface area (Å²) in [5.74, 6) is -0.0626. The van der Waals surface area contributed by atoms with Crippen LogP contribution in [-0.4, -0.2) is 20.5 Å². The predicted octanol–water partition coefficient (Wildman–Crippen LogP) is 4.89. The summed E-state index contributed by atoms with van der Waals surface area (Å²) in [6.45, 7) is 1.87. The molecule has 0 bridgehead atoms. The van der Waals surface area contributed by atoms with E-state index in [-0.39, 0.29) is 16.6 Å². The highest BCUT2D eigenvalue weighted by molar-refractivity contribution is 7.89. The molecule has 0 aliphatic heterocycles. The topological polar surface area (TPSA) is 67.8 Å². The number of nitrogens with one attached hydrogen (secondary N) is 1. The number of rotatable bonds is 5. The number of hydrogen-bond acceptors (Lipinski definition) is 4. The Hall–Kier alpha value is -2.55. The fraction of sp³-hybridized carbons (Fsp3) is 0.350. The first-order chi connectivity index (χ1) is 13.6. The maximum Gasteiger partial charge on any atom is 0.573 e. The molecule has 2 aromatic carbocycles. The monoisotopic (exact) mass is 426 g/mol. The van der Waals surface area contributed by atoms with Gasteiger partial charge in [-0.25, -0.2) is 4.83 Å². The van der Waals surface area contributed by atoms with E-state index in [2.05, 4.69) is 14.7 Å². The molecule has 1 saturated carbocycles. The van der Waals surface area contributed by atoms with E-state index in [9.17, 15) is 21.6 Å². The van der Waals surface area contributed by atoms with Crippen molar-refractivity contribution in [2.24, 2.45) is 5.10 Å². The molecule has 29 heavy (non-hydrogen) atoms. The Morgan fingerprint density at radius 3 is 2.14 bits per heavy atom. The highest BCUT2D eigenvalue weighted by Crippen LogP contribution is 2.33. The average molecular weight is 426 g/mol. The molecule has 9 heteroatoms. The van der Waals surface area contributed by atoms with Gasteiger partial charge in [-0.05, 0) is 68.4 Å². The number of ether oxygens (including phenoxy) is 1. The van der Waals surface area contributed by atoms with Crippen LogP contribution in [0, 0.1) is 6.92 Å². The number of hydrazone groups is 1. The first-order valence-electron chi connectivity index (χ1n) is 9.12. The lowest BCUT2D eigenvalue weighted by Gasteiger charge is -2.23. The zero-order valence-corrected chi connectivity index (χ0v) is 16.6. The van der Waals surface area contributed by atoms with Crippen LogP contribution in [0.4, 0.5) is 13.2 Å². The molecule has 156 valence electrons. The summed E-state index contributed by atoms with van der Waals surface area (Å²) in [5.41, 5.74) is 2.65. The Bertz CT molecular complexity index is 960. The van der Waals surface area contributed by atoms with Crippen molar-refractivity contribution in [3.8, 4) is 5.75 Å². The first kappa shape index (κ1) is 21.2. The van der Waals surface area contributed by atoms with Crippen LogP contribution in [0.5, 0.6) is 5.75 Å². The predicted molar refractivity (Wildman–Crippen MR) is 103 cm³/mol. The summed E-state index contributed by atoms with van der Waals surface area (Å²) in [6, 6.07) is 12.4. The number of hydrogen-bond donors (Lipinski definition) is 1. The van der Waals surface area contributed by atoms with Crippen LogP contribution in [-0.2, 0) is 10.0 Å². The average Bonchev–Trinajstić information content (AvgIpc) is 2.67. The first-order valence-corrected chi connectivity index (χ1v) is 10.6. The highest BCUT2D eigenvalue weighted by atomic mass is 32.2. The van der Waals surface area contributed by atoms with Gasteiger partial charge in [-0.3, -0.25) is 0 Å². The SMILES string of the molecule is Cc1ccc(S(=O)(=O)NN=C2CCC(c3ccc(OC(F)(F)F)cc3)CC2)cc1. The highest BCUT2D eigenvalue weighted by Gasteiger charge is 2.31. The molecule has 1 N–H and O–H groups in total. The van der Waals surface area contributed by atoms with Gasteiger partial charge in [0, 0.05) is 5.71 Å². The molecule has 1 aliphatic rings. The number of aryl methyl sites for hydroxylation is 1. The molecule has 0 unspecified atom stereocenters. The summed E-state index contributed by atoms with van der Waals surface area (Å²) >= 11 is 0. The van der Waals surface area contributed by atoms with E-state index in [0.717, 1.165) is 29.7 Å². The fourth-order valence-electron chi connectivity index (χ4n) is 3.23. The van der Waals surface area contributed by atoms with Gasteiger partial charge in [0.25, 0.3) is 10.0 Å². The van der Waals surface area contributed by atoms with Crippen molar-refractivity contribution in [3.05, 3.63) is 59.7 Å². The van der Waals surface area contributed by atoms with Crippen LogP contribution >= 0.6 is 0 Å². The summed E-state index contributed by atoms with van der Waals surface area (Å²) in [7, 11) is -3.71. The molecule has 0 spiro atoms. The van der Waals surface area contributed by atoms with Gasteiger partial charge in [0.15, 0.2) is 0 Å². The van der Waals surface area contributed by atoms with Gasteiger partial charge in [-0.1, -0.05) is 29.8 Å². The second kappa shape index (κ2) is 8.44. The molecule has 0 saturated heterocycles. The maximum atomic E-state index is 12.3. The quantitative estimate of drug-likeness (QED) is 0.693. The van der Waals surface area contributed by atoms with Crippen LogP contribution in [0.25, 0.3) is 0 Å². The molecular formula is C20H21F3N2O3S. The Labute approximate surface area is 167 Å². The third-order valence-corrected chi connectivity index (χ3v) is 6.03. The molecule has 0 heterocycles. The van der Waals surface area contributed by atoms with Crippen LogP contribution in [0.2, 0.25) is 0 Å². The minimum Gasteiger partial charge on any atom is -0.406 e. The van der Waals surface area contributed by atoms with Gasteiger partial charge >= 0.3 is 6.36 Å². The number of nitrogens with zero attached hydrogens (tertiary/aromatic N) is 1. The number of halogens is 3. The van der Waals surface area contributed by atoms with Crippen LogP contribution in [0.1, 0.15) is 42.7 Å². The van der Waals surface area contributed by atoms with Gasteiger partial charge < -0.3 is 4.74 Å². The lowest BCUT2D eigenvalue weighted by Crippen LogP contribution is -2.22. The summed E-state index contributed by atoms with van der Waals surface area (Å²) < 4.78 is 65.2. The molecule has 0 aromatic heterocycles. The van der Waals surface area contributed by atoms with Gasteiger partial charge in [-0.15, -0.1) is 13.2 Å². The molecule has 1 fully saturated rings. The van der Waals surface area contributed by atoms with Crippen molar-refractivity contribution in [1.29, 1.82) is 0 Å². The lowest BCUT2D eigenvalue weighted by atomic mass is 9.83. The normalized spacial score (nSPS) is 17.7. The zero-order chi connectivity index (χ0) is 21.1. The Morgan fingerprint density at radius 2 is 1.59 bits per heavy atom. The van der Waals surface area contributed by atoms with Gasteiger partial charge in [-0.2, -0.15) is 13.5 Å². The van der Waals surface area contributed by atoms with E-state index in [1.165, 1.54) is 24.3 Å². The van der Waals surface area contributed by atoms with E-state index in [1.807, 2.05) is 6.92 Å². The summed E-state index contributed by atoms with van der Waals surface area (Å²) in [5, 5.41) is 4.07. The van der Waals surface area contributed by atoms with E-state index >= 15 is 0 Å². The van der Waals surface area contributed by atoms with Crippen molar-refractivity contribution in [1.82, 2.24) is 4.83 Å². The Balaban J connectivity index is 1.56. The van der Waals surface area contributed by atoms with E-state index in [1.54, 1.807) is 24.3 Å². The molecule has 2 aromatic rings. The second-order valence-corrected chi connectivity index (χ2v) is 8.64. The van der Waals surface area contributed by atoms with Crippen molar-refractivity contribution in [3.63, 3.8) is 0 Å². The molecule has 5 nitrogen and oxygen atoms in total. The zero-order valence-electron chi connectivity index (χ0n) is 15.7. The fourth-order valence-corrected chi connectivity index (χ4v) is 4.08. The van der Waals surface area contributed by atoms with Crippen molar-refractivity contribution < 1.29 is 26.3 Å². The third kappa shape index (κ3) is 5.96. The van der Waals surface area contributed by atoms with Gasteiger partial charge in [0.2, 0.25) is 0 Å². The molecular weight excluding hydrogens is 405 g/mol.